The van der Waals surface area contributed by atoms with E-state index in [1.807, 2.05) is 0 Å². The van der Waals surface area contributed by atoms with E-state index in [1.54, 1.807) is 18.7 Å². The van der Waals surface area contributed by atoms with Gasteiger partial charge in [-0.05, 0) is 52.4 Å². The zero-order chi connectivity index (χ0) is 22.2. The van der Waals surface area contributed by atoms with Crippen LogP contribution in [0.1, 0.15) is 47.5 Å². The van der Waals surface area contributed by atoms with Crippen molar-refractivity contribution in [2.24, 2.45) is 0 Å². The number of carbonyl (C=O) groups is 3. The van der Waals surface area contributed by atoms with Gasteiger partial charge in [0.05, 0.1) is 13.7 Å². The van der Waals surface area contributed by atoms with Crippen molar-refractivity contribution in [1.82, 2.24) is 10.2 Å². The van der Waals surface area contributed by atoms with Crippen LogP contribution in [0, 0.1) is 0 Å². The van der Waals surface area contributed by atoms with Crippen LogP contribution < -0.4 is 5.32 Å². The zero-order valence-corrected chi connectivity index (χ0v) is 21.5. The monoisotopic (exact) mass is 430 g/mol. The average Bonchev–Trinajstić information content (AvgIpc) is 2.40. The van der Waals surface area contributed by atoms with Gasteiger partial charge in [-0.15, -0.1) is 0 Å². The van der Waals surface area contributed by atoms with Crippen molar-refractivity contribution in [1.29, 1.82) is 0 Å². The van der Waals surface area contributed by atoms with Crippen LogP contribution in [0.4, 0.5) is 0 Å². The normalized spacial score (nSPS) is 12.6. The van der Waals surface area contributed by atoms with Gasteiger partial charge in [0.15, 0.2) is 8.32 Å². The Kier molecular flexibility index (Phi) is 10.9. The molecule has 0 spiro atoms. The standard InChI is InChI=1S/C20H42N2O4Si2/c1-17(23)15-27(6,7)16-28(8,9)26-20(4,5)11-10-13-22(19(3)25)14-12-21-18(2)24/h10-16H2,1-9H3,(H,21,24). The zero-order valence-electron chi connectivity index (χ0n) is 19.5. The number of amides is 2. The van der Waals surface area contributed by atoms with E-state index >= 15 is 0 Å². The fraction of sp³-hybridized carbons (Fsp3) is 0.850. The number of nitrogens with zero attached hydrogens (tertiary/aromatic N) is 1. The summed E-state index contributed by atoms with van der Waals surface area (Å²) < 4.78 is 6.60. The lowest BCUT2D eigenvalue weighted by atomic mass is 10.0. The van der Waals surface area contributed by atoms with Crippen molar-refractivity contribution >= 4 is 34.0 Å². The van der Waals surface area contributed by atoms with E-state index in [4.69, 9.17) is 4.43 Å². The Balaban J connectivity index is 4.62. The molecule has 0 heterocycles. The van der Waals surface area contributed by atoms with Crippen molar-refractivity contribution in [3.05, 3.63) is 0 Å². The molecule has 0 saturated carbocycles. The van der Waals surface area contributed by atoms with Crippen molar-refractivity contribution in [2.75, 3.05) is 19.6 Å². The summed E-state index contributed by atoms with van der Waals surface area (Å²) in [6.45, 7) is 19.7. The molecule has 1 N–H and O–H groups in total. The number of Topliss-reactive ketones (excluding diaryl/α,β-unsaturated/α-hetero) is 1. The van der Waals surface area contributed by atoms with Gasteiger partial charge in [0.2, 0.25) is 11.8 Å². The smallest absolute Gasteiger partial charge is 0.219 e. The Bertz CT molecular complexity index is 548. The summed E-state index contributed by atoms with van der Waals surface area (Å²) in [6.07, 6.45) is 1.72. The third kappa shape index (κ3) is 13.2. The molecule has 0 atom stereocenters. The summed E-state index contributed by atoms with van der Waals surface area (Å²) in [6, 6.07) is 0.717. The highest BCUT2D eigenvalue weighted by Gasteiger charge is 2.38. The minimum absolute atomic E-state index is 0.0239. The summed E-state index contributed by atoms with van der Waals surface area (Å²) in [7, 11) is -3.48. The Morgan fingerprint density at radius 1 is 1.00 bits per heavy atom. The molecule has 0 fully saturated rings. The van der Waals surface area contributed by atoms with E-state index in [0.29, 0.717) is 19.6 Å². The predicted molar refractivity (Wildman–Crippen MR) is 121 cm³/mol. The van der Waals surface area contributed by atoms with Crippen LogP contribution in [0.2, 0.25) is 37.9 Å². The Morgan fingerprint density at radius 2 is 1.57 bits per heavy atom. The lowest BCUT2D eigenvalue weighted by Gasteiger charge is -2.39. The minimum atomic E-state index is -1.89. The molecule has 0 unspecified atom stereocenters. The van der Waals surface area contributed by atoms with E-state index in [0.717, 1.165) is 24.6 Å². The number of ketones is 1. The lowest BCUT2D eigenvalue weighted by Crippen LogP contribution is -2.47. The van der Waals surface area contributed by atoms with Gasteiger partial charge in [-0.3, -0.25) is 9.59 Å². The minimum Gasteiger partial charge on any atom is -0.413 e. The molecule has 28 heavy (non-hydrogen) atoms. The second-order valence-corrected chi connectivity index (χ2v) is 19.8. The second-order valence-electron chi connectivity index (χ2n) is 9.93. The van der Waals surface area contributed by atoms with Gasteiger partial charge in [-0.25, -0.2) is 0 Å². The van der Waals surface area contributed by atoms with Crippen molar-refractivity contribution in [2.45, 2.75) is 91.0 Å². The molecule has 0 aliphatic heterocycles. The highest BCUT2D eigenvalue weighted by Crippen LogP contribution is 2.30. The van der Waals surface area contributed by atoms with E-state index in [-0.39, 0.29) is 23.2 Å². The van der Waals surface area contributed by atoms with E-state index in [2.05, 4.69) is 45.4 Å². The van der Waals surface area contributed by atoms with Crippen molar-refractivity contribution < 1.29 is 18.8 Å². The number of nitrogens with one attached hydrogen (secondary N) is 1. The molecule has 0 bridgehead atoms. The molecule has 0 aromatic heterocycles. The molecule has 0 aromatic carbocycles. The van der Waals surface area contributed by atoms with Gasteiger partial charge in [-0.2, -0.15) is 0 Å². The van der Waals surface area contributed by atoms with Gasteiger partial charge in [0.1, 0.15) is 5.78 Å². The summed E-state index contributed by atoms with van der Waals surface area (Å²) in [5, 5.41) is 2.73. The first-order valence-corrected chi connectivity index (χ1v) is 16.8. The highest BCUT2D eigenvalue weighted by atomic mass is 28.4. The van der Waals surface area contributed by atoms with E-state index in [1.165, 1.54) is 6.92 Å². The predicted octanol–water partition coefficient (Wildman–Crippen LogP) is 3.59. The average molecular weight is 431 g/mol. The summed E-state index contributed by atoms with van der Waals surface area (Å²) in [4.78, 5) is 36.1. The molecule has 8 heteroatoms. The van der Waals surface area contributed by atoms with Crippen molar-refractivity contribution in [3.8, 4) is 0 Å². The van der Waals surface area contributed by atoms with Crippen molar-refractivity contribution in [3.63, 3.8) is 0 Å². The van der Waals surface area contributed by atoms with Gasteiger partial charge in [0, 0.05) is 39.5 Å². The lowest BCUT2D eigenvalue weighted by molar-refractivity contribution is -0.129. The summed E-state index contributed by atoms with van der Waals surface area (Å²) in [5.74, 6) is 0.224. The molecule has 6 nitrogen and oxygen atoms in total. The molecular formula is C20H42N2O4Si2. The largest absolute Gasteiger partial charge is 0.413 e. The Hall–Kier alpha value is -0.996. The number of carbonyl (C=O) groups excluding carboxylic acids is 3. The highest BCUT2D eigenvalue weighted by molar-refractivity contribution is 6.93. The number of rotatable bonds is 13. The van der Waals surface area contributed by atoms with Crippen LogP contribution in [0.15, 0.2) is 0 Å². The van der Waals surface area contributed by atoms with E-state index < -0.39 is 16.4 Å². The fourth-order valence-electron chi connectivity index (χ4n) is 4.21. The Morgan fingerprint density at radius 3 is 2.04 bits per heavy atom. The maximum Gasteiger partial charge on any atom is 0.219 e. The summed E-state index contributed by atoms with van der Waals surface area (Å²) in [5.41, 5.74) is 0.815. The molecule has 2 amide bonds. The molecular weight excluding hydrogens is 388 g/mol. The first-order valence-electron chi connectivity index (χ1n) is 10.2. The Labute approximate surface area is 173 Å². The molecule has 164 valence electrons. The number of hydrogen-bond acceptors (Lipinski definition) is 4. The second kappa shape index (κ2) is 11.3. The van der Waals surface area contributed by atoms with Crippen LogP contribution in [-0.2, 0) is 18.8 Å². The van der Waals surface area contributed by atoms with Crippen LogP contribution in [0.5, 0.6) is 0 Å². The molecule has 0 rings (SSSR count). The third-order valence-corrected chi connectivity index (χ3v) is 14.4. The molecule has 0 aromatic rings. The van der Waals surface area contributed by atoms with Gasteiger partial charge >= 0.3 is 0 Å². The quantitative estimate of drug-likeness (QED) is 0.453. The first-order chi connectivity index (χ1) is 12.6. The molecule has 0 saturated heterocycles. The topological polar surface area (TPSA) is 75.7 Å². The van der Waals surface area contributed by atoms with Crippen LogP contribution >= 0.6 is 0 Å². The van der Waals surface area contributed by atoms with Crippen LogP contribution in [-0.4, -0.2) is 64.1 Å². The van der Waals surface area contributed by atoms with Gasteiger partial charge in [0.25, 0.3) is 0 Å². The van der Waals surface area contributed by atoms with E-state index in [9.17, 15) is 14.4 Å². The van der Waals surface area contributed by atoms with Gasteiger partial charge in [-0.1, -0.05) is 13.1 Å². The SMILES string of the molecule is CC(=O)C[Si](C)(C)C[Si](C)(C)OC(C)(C)CCCN(CCNC(C)=O)C(C)=O. The number of hydrogen-bond donors (Lipinski definition) is 1. The molecule has 0 aliphatic carbocycles. The fourth-order valence-corrected chi connectivity index (χ4v) is 17.2. The maximum absolute atomic E-state index is 11.8. The first kappa shape index (κ1) is 27.0. The van der Waals surface area contributed by atoms with Crippen LogP contribution in [0.25, 0.3) is 0 Å². The third-order valence-electron chi connectivity index (χ3n) is 4.59. The molecule has 0 radical (unpaired) electrons. The summed E-state index contributed by atoms with van der Waals surface area (Å²) >= 11 is 0. The maximum atomic E-state index is 11.8. The van der Waals surface area contributed by atoms with Gasteiger partial charge < -0.3 is 19.4 Å². The van der Waals surface area contributed by atoms with Crippen LogP contribution in [0.3, 0.4) is 0 Å². The molecule has 0 aliphatic rings.